The number of carbonyl (C=O) groups is 1. The highest BCUT2D eigenvalue weighted by molar-refractivity contribution is 6.30. The van der Waals surface area contributed by atoms with Crippen LogP contribution in [0.5, 0.6) is 0 Å². The van der Waals surface area contributed by atoms with Crippen molar-refractivity contribution in [3.8, 4) is 0 Å². The van der Waals surface area contributed by atoms with E-state index in [2.05, 4.69) is 22.5 Å². The summed E-state index contributed by atoms with van der Waals surface area (Å²) in [6.07, 6.45) is 13.4. The minimum Gasteiger partial charge on any atom is -0.348 e. The molecule has 4 heteroatoms. The normalized spacial score (nSPS) is 37.8. The van der Waals surface area contributed by atoms with Crippen molar-refractivity contribution < 1.29 is 4.79 Å². The Morgan fingerprint density at radius 1 is 1.07 bits per heavy atom. The Kier molecular flexibility index (Phi) is 3.69. The van der Waals surface area contributed by atoms with Crippen LogP contribution in [0.3, 0.4) is 0 Å². The molecular formula is C24H25ClN2O. The number of hydrogen-bond donors (Lipinski definition) is 1. The summed E-state index contributed by atoms with van der Waals surface area (Å²) in [6, 6.07) is 7.86. The number of hydrogen-bond acceptors (Lipinski definition) is 2. The lowest BCUT2D eigenvalue weighted by atomic mass is 9.49. The summed E-state index contributed by atoms with van der Waals surface area (Å²) in [5.74, 6) is 2.74. The third-order valence-electron chi connectivity index (χ3n) is 7.85. The van der Waals surface area contributed by atoms with Gasteiger partial charge in [-0.05, 0) is 91.7 Å². The van der Waals surface area contributed by atoms with Crippen LogP contribution in [0, 0.1) is 29.1 Å². The SMILES string of the molecule is O=C(NC(c1ccc(Cl)cc1)C1c2ccnc1c2)C12CC3CC(CC(C3)C1)C2. The number of nitrogens with zero attached hydrogens (tertiary/aromatic N) is 1. The molecule has 1 aromatic carbocycles. The van der Waals surface area contributed by atoms with Gasteiger partial charge in [-0.3, -0.25) is 9.79 Å². The molecule has 0 aromatic heterocycles. The van der Waals surface area contributed by atoms with Crippen LogP contribution in [0.25, 0.3) is 0 Å². The van der Waals surface area contributed by atoms with Crippen molar-refractivity contribution in [1.29, 1.82) is 0 Å². The topological polar surface area (TPSA) is 41.5 Å². The van der Waals surface area contributed by atoms with E-state index in [1.807, 2.05) is 30.5 Å². The van der Waals surface area contributed by atoms with Gasteiger partial charge in [0, 0.05) is 16.7 Å². The molecular weight excluding hydrogens is 368 g/mol. The Morgan fingerprint density at radius 2 is 1.71 bits per heavy atom. The van der Waals surface area contributed by atoms with Crippen molar-refractivity contribution in [2.45, 2.75) is 44.6 Å². The second-order valence-corrected chi connectivity index (χ2v) is 10.1. The van der Waals surface area contributed by atoms with E-state index in [0.29, 0.717) is 0 Å². The second kappa shape index (κ2) is 6.06. The molecule has 0 spiro atoms. The largest absolute Gasteiger partial charge is 0.348 e. The molecule has 1 aromatic rings. The van der Waals surface area contributed by atoms with Gasteiger partial charge in [-0.15, -0.1) is 0 Å². The van der Waals surface area contributed by atoms with Gasteiger partial charge >= 0.3 is 0 Å². The monoisotopic (exact) mass is 392 g/mol. The zero-order chi connectivity index (χ0) is 18.9. The highest BCUT2D eigenvalue weighted by atomic mass is 35.5. The maximum absolute atomic E-state index is 13.7. The zero-order valence-electron chi connectivity index (χ0n) is 15.9. The van der Waals surface area contributed by atoms with Crippen LogP contribution in [0.15, 0.2) is 52.7 Å². The van der Waals surface area contributed by atoms with Crippen molar-refractivity contribution in [1.82, 2.24) is 5.32 Å². The van der Waals surface area contributed by atoms with Gasteiger partial charge in [0.25, 0.3) is 0 Å². The van der Waals surface area contributed by atoms with Gasteiger partial charge in [0.15, 0.2) is 0 Å². The highest BCUT2D eigenvalue weighted by Gasteiger charge is 2.55. The smallest absolute Gasteiger partial charge is 0.226 e. The van der Waals surface area contributed by atoms with E-state index in [0.717, 1.165) is 53.3 Å². The van der Waals surface area contributed by atoms with E-state index >= 15 is 0 Å². The molecule has 28 heavy (non-hydrogen) atoms. The molecule has 0 radical (unpaired) electrons. The predicted octanol–water partition coefficient (Wildman–Crippen LogP) is 5.24. The van der Waals surface area contributed by atoms with Crippen LogP contribution in [0.4, 0.5) is 0 Å². The molecule has 1 aliphatic heterocycles. The number of carbonyl (C=O) groups excluding carboxylic acids is 1. The van der Waals surface area contributed by atoms with Crippen LogP contribution in [-0.2, 0) is 4.79 Å². The van der Waals surface area contributed by atoms with Crippen molar-refractivity contribution in [3.63, 3.8) is 0 Å². The number of allylic oxidation sites excluding steroid dienone is 2. The molecule has 6 aliphatic rings. The van der Waals surface area contributed by atoms with Gasteiger partial charge in [0.05, 0.1) is 17.7 Å². The molecule has 2 unspecified atom stereocenters. The number of fused-ring (bicyclic) bond motifs is 2. The van der Waals surface area contributed by atoms with Crippen molar-refractivity contribution in [2.75, 3.05) is 0 Å². The summed E-state index contributed by atoms with van der Waals surface area (Å²) < 4.78 is 0. The molecule has 0 saturated heterocycles. The third-order valence-corrected chi connectivity index (χ3v) is 8.10. The summed E-state index contributed by atoms with van der Waals surface area (Å²) >= 11 is 6.12. The minimum absolute atomic E-state index is 0.0681. The van der Waals surface area contributed by atoms with Crippen molar-refractivity contribution >= 4 is 23.7 Å². The standard InChI is InChI=1S/C24H25ClN2O/c25-19-3-1-17(2-4-19)22(21-18-5-6-26-20(21)10-18)27-23(28)24-11-14-7-15(12-24)9-16(8-14)13-24/h1-6,10,14-16,21-22H,7-9,11-13H2,(H,27,28). The molecule has 1 amide bonds. The second-order valence-electron chi connectivity index (χ2n) is 9.69. The molecule has 4 fully saturated rings. The minimum atomic E-state index is -0.135. The first kappa shape index (κ1) is 17.0. The van der Waals surface area contributed by atoms with E-state index in [-0.39, 0.29) is 23.3 Å². The first-order valence-corrected chi connectivity index (χ1v) is 11.0. The van der Waals surface area contributed by atoms with Crippen LogP contribution in [0.1, 0.15) is 50.1 Å². The Bertz CT molecular complexity index is 880. The first-order valence-electron chi connectivity index (χ1n) is 10.6. The Labute approximate surface area is 171 Å². The lowest BCUT2D eigenvalue weighted by Crippen LogP contribution is -2.55. The van der Waals surface area contributed by atoms with Gasteiger partial charge in [0.1, 0.15) is 0 Å². The molecule has 1 heterocycles. The molecule has 7 rings (SSSR count). The summed E-state index contributed by atoms with van der Waals surface area (Å²) in [5.41, 5.74) is 3.31. The van der Waals surface area contributed by atoms with Gasteiger partial charge in [-0.1, -0.05) is 23.7 Å². The summed E-state index contributed by atoms with van der Waals surface area (Å²) in [7, 11) is 0. The van der Waals surface area contributed by atoms with E-state index in [9.17, 15) is 4.79 Å². The lowest BCUT2D eigenvalue weighted by molar-refractivity contribution is -0.147. The van der Waals surface area contributed by atoms with Crippen LogP contribution >= 0.6 is 11.6 Å². The summed E-state index contributed by atoms with van der Waals surface area (Å²) in [5, 5.41) is 4.23. The average molecular weight is 393 g/mol. The molecule has 5 aliphatic carbocycles. The molecule has 1 N–H and O–H groups in total. The number of amides is 1. The van der Waals surface area contributed by atoms with E-state index in [1.54, 1.807) is 0 Å². The number of aliphatic imine (C=N–C) groups is 1. The number of rotatable bonds is 4. The maximum atomic E-state index is 13.7. The van der Waals surface area contributed by atoms with Crippen LogP contribution in [-0.4, -0.2) is 12.1 Å². The number of benzene rings is 1. The number of dihydropyridines is 1. The Balaban J connectivity index is 1.31. The number of halogens is 1. The van der Waals surface area contributed by atoms with Crippen molar-refractivity contribution in [2.24, 2.45) is 34.1 Å². The fourth-order valence-corrected chi connectivity index (χ4v) is 7.11. The van der Waals surface area contributed by atoms with Gasteiger partial charge in [-0.25, -0.2) is 0 Å². The average Bonchev–Trinajstić information content (AvgIpc) is 2.67. The Hall–Kier alpha value is -1.87. The third kappa shape index (κ3) is 2.55. The number of nitrogens with one attached hydrogen (secondary N) is 1. The van der Waals surface area contributed by atoms with Gasteiger partial charge < -0.3 is 5.32 Å². The molecule has 2 atom stereocenters. The highest BCUT2D eigenvalue weighted by Crippen LogP contribution is 2.60. The fraction of sp³-hybridized carbons (Fsp3) is 0.500. The lowest BCUT2D eigenvalue weighted by Gasteiger charge is -2.56. The molecule has 3 nitrogen and oxygen atoms in total. The predicted molar refractivity (Wildman–Crippen MR) is 111 cm³/mol. The Morgan fingerprint density at radius 3 is 2.25 bits per heavy atom. The van der Waals surface area contributed by atoms with Crippen LogP contribution < -0.4 is 5.32 Å². The van der Waals surface area contributed by atoms with Crippen LogP contribution in [0.2, 0.25) is 5.02 Å². The van der Waals surface area contributed by atoms with E-state index in [4.69, 9.17) is 11.6 Å². The molecule has 144 valence electrons. The summed E-state index contributed by atoms with van der Waals surface area (Å²) in [6.45, 7) is 0. The van der Waals surface area contributed by atoms with Crippen molar-refractivity contribution in [3.05, 3.63) is 58.3 Å². The molecule has 4 saturated carbocycles. The zero-order valence-corrected chi connectivity index (χ0v) is 16.7. The first-order chi connectivity index (χ1) is 13.6. The quantitative estimate of drug-likeness (QED) is 0.748. The summed E-state index contributed by atoms with van der Waals surface area (Å²) in [4.78, 5) is 18.2. The van der Waals surface area contributed by atoms with E-state index in [1.165, 1.54) is 24.8 Å². The van der Waals surface area contributed by atoms with Gasteiger partial charge in [-0.2, -0.15) is 0 Å². The molecule has 6 bridgehead atoms. The fourth-order valence-electron chi connectivity index (χ4n) is 6.98. The van der Waals surface area contributed by atoms with Gasteiger partial charge in [0.2, 0.25) is 5.91 Å². The van der Waals surface area contributed by atoms with E-state index < -0.39 is 0 Å². The maximum Gasteiger partial charge on any atom is 0.226 e.